The van der Waals surface area contributed by atoms with Gasteiger partial charge in [-0.05, 0) is 86.6 Å². The lowest BCUT2D eigenvalue weighted by atomic mass is 9.89. The molecule has 0 aliphatic carbocycles. The van der Waals surface area contributed by atoms with Gasteiger partial charge in [-0.2, -0.15) is 0 Å². The minimum absolute atomic E-state index is 0.0943. The number of nitrogens with zero attached hydrogens (tertiary/aromatic N) is 4. The van der Waals surface area contributed by atoms with Gasteiger partial charge in [0.05, 0.1) is 23.0 Å². The number of ether oxygens (including phenoxy) is 1. The van der Waals surface area contributed by atoms with E-state index in [1.54, 1.807) is 6.07 Å². The fraction of sp³-hybridized carbons (Fsp3) is 0.548. The Morgan fingerprint density at radius 3 is 2.63 bits per heavy atom. The van der Waals surface area contributed by atoms with Crippen LogP contribution in [0.3, 0.4) is 0 Å². The first-order valence-electron chi connectivity index (χ1n) is 14.2. The average Bonchev–Trinajstić information content (AvgIpc) is 3.42. The standard InChI is InChI=1S/C31H39FN4O2/c1-20-10-22(3)35(15-20)31(37)27-12-26(32)4-5-28(27)36-19-25(30-21(2)13-33-14-29(30)36)11-24-17-34(18-24)16-23-6-8-38-9-7-23/h4-5,12-14,19-20,22-24H,6-11,15-18H2,1-3H3/t20-,22-/m1/s1. The molecule has 6 nitrogen and oxygen atoms in total. The van der Waals surface area contributed by atoms with Crippen LogP contribution in [-0.4, -0.2) is 70.7 Å². The number of carbonyl (C=O) groups is 1. The highest BCUT2D eigenvalue weighted by Crippen LogP contribution is 2.34. The van der Waals surface area contributed by atoms with Crippen molar-refractivity contribution in [3.05, 3.63) is 59.3 Å². The lowest BCUT2D eigenvalue weighted by molar-refractivity contribution is 0.0254. The SMILES string of the molecule is Cc1cncc2c1c(CC1CN(CC3CCOCC3)C1)cn2-c1ccc(F)cc1C(=O)N1C[C@H](C)C[C@H]1C. The highest BCUT2D eigenvalue weighted by atomic mass is 19.1. The molecule has 0 saturated carbocycles. The Morgan fingerprint density at radius 2 is 1.89 bits per heavy atom. The molecule has 38 heavy (non-hydrogen) atoms. The monoisotopic (exact) mass is 518 g/mol. The number of aryl methyl sites for hydroxylation is 1. The Kier molecular flexibility index (Phi) is 6.99. The van der Waals surface area contributed by atoms with E-state index in [1.165, 1.54) is 42.5 Å². The van der Waals surface area contributed by atoms with Gasteiger partial charge in [0.2, 0.25) is 0 Å². The van der Waals surface area contributed by atoms with Gasteiger partial charge in [0.1, 0.15) is 5.82 Å². The molecule has 0 radical (unpaired) electrons. The van der Waals surface area contributed by atoms with Gasteiger partial charge in [-0.15, -0.1) is 0 Å². The second kappa shape index (κ2) is 10.4. The van der Waals surface area contributed by atoms with E-state index in [9.17, 15) is 9.18 Å². The number of carbonyl (C=O) groups excluding carboxylic acids is 1. The number of hydrogen-bond donors (Lipinski definition) is 0. The summed E-state index contributed by atoms with van der Waals surface area (Å²) >= 11 is 0. The molecular weight excluding hydrogens is 479 g/mol. The predicted octanol–water partition coefficient (Wildman–Crippen LogP) is 5.24. The number of rotatable bonds is 6. The van der Waals surface area contributed by atoms with Crippen LogP contribution in [0.1, 0.15) is 54.6 Å². The lowest BCUT2D eigenvalue weighted by Crippen LogP contribution is -2.49. The van der Waals surface area contributed by atoms with Crippen molar-refractivity contribution in [2.75, 3.05) is 39.4 Å². The molecule has 2 atom stereocenters. The fourth-order valence-electron chi connectivity index (χ4n) is 6.98. The molecular formula is C31H39FN4O2. The number of fused-ring (bicyclic) bond motifs is 1. The molecule has 0 bridgehead atoms. The van der Waals surface area contributed by atoms with Crippen LogP contribution in [0.15, 0.2) is 36.8 Å². The van der Waals surface area contributed by atoms with Crippen molar-refractivity contribution < 1.29 is 13.9 Å². The normalized spacial score (nSPS) is 23.3. The summed E-state index contributed by atoms with van der Waals surface area (Å²) in [4.78, 5) is 22.7. The Bertz CT molecular complexity index is 1320. The minimum atomic E-state index is -0.387. The number of pyridine rings is 1. The van der Waals surface area contributed by atoms with Crippen LogP contribution in [0.5, 0.6) is 0 Å². The van der Waals surface area contributed by atoms with Gasteiger partial charge in [-0.25, -0.2) is 4.39 Å². The van der Waals surface area contributed by atoms with Crippen LogP contribution in [0.4, 0.5) is 4.39 Å². The van der Waals surface area contributed by atoms with E-state index in [1.807, 2.05) is 17.3 Å². The van der Waals surface area contributed by atoms with Crippen molar-refractivity contribution in [1.82, 2.24) is 19.4 Å². The molecule has 7 heteroatoms. The van der Waals surface area contributed by atoms with Crippen LogP contribution < -0.4 is 0 Å². The largest absolute Gasteiger partial charge is 0.381 e. The number of benzene rings is 1. The minimum Gasteiger partial charge on any atom is -0.381 e. The summed E-state index contributed by atoms with van der Waals surface area (Å²) in [6.07, 6.45) is 10.3. The molecule has 3 saturated heterocycles. The Labute approximate surface area is 224 Å². The molecule has 0 spiro atoms. The van der Waals surface area contributed by atoms with Crippen LogP contribution in [0.25, 0.3) is 16.6 Å². The van der Waals surface area contributed by atoms with E-state index in [-0.39, 0.29) is 17.8 Å². The van der Waals surface area contributed by atoms with Crippen molar-refractivity contribution in [2.24, 2.45) is 17.8 Å². The first-order valence-corrected chi connectivity index (χ1v) is 14.2. The number of hydrogen-bond acceptors (Lipinski definition) is 4. The molecule has 3 fully saturated rings. The van der Waals surface area contributed by atoms with Crippen molar-refractivity contribution in [2.45, 2.75) is 52.5 Å². The van der Waals surface area contributed by atoms with E-state index in [2.05, 4.69) is 41.4 Å². The molecule has 1 aromatic carbocycles. The zero-order chi connectivity index (χ0) is 26.4. The highest BCUT2D eigenvalue weighted by molar-refractivity contribution is 5.99. The van der Waals surface area contributed by atoms with Gasteiger partial charge in [-0.3, -0.25) is 9.78 Å². The molecule has 2 aromatic heterocycles. The summed E-state index contributed by atoms with van der Waals surface area (Å²) in [5.74, 6) is 1.34. The van der Waals surface area contributed by atoms with E-state index < -0.39 is 0 Å². The van der Waals surface area contributed by atoms with Gasteiger partial charge < -0.3 is 19.1 Å². The smallest absolute Gasteiger partial charge is 0.256 e. The summed E-state index contributed by atoms with van der Waals surface area (Å²) in [6, 6.07) is 4.76. The van der Waals surface area contributed by atoms with Crippen molar-refractivity contribution in [1.29, 1.82) is 0 Å². The van der Waals surface area contributed by atoms with Gasteiger partial charge in [-0.1, -0.05) is 6.92 Å². The third-order valence-electron chi connectivity index (χ3n) is 8.87. The zero-order valence-corrected chi connectivity index (χ0v) is 22.8. The summed E-state index contributed by atoms with van der Waals surface area (Å²) < 4.78 is 22.1. The maximum absolute atomic E-state index is 14.5. The molecule has 5 heterocycles. The van der Waals surface area contributed by atoms with Gasteiger partial charge >= 0.3 is 0 Å². The van der Waals surface area contributed by atoms with E-state index >= 15 is 0 Å². The molecule has 1 amide bonds. The second-order valence-corrected chi connectivity index (χ2v) is 12.0. The Hall–Kier alpha value is -2.77. The van der Waals surface area contributed by atoms with E-state index in [4.69, 9.17) is 4.74 Å². The number of halogens is 1. The van der Waals surface area contributed by atoms with Crippen LogP contribution in [0.2, 0.25) is 0 Å². The maximum atomic E-state index is 14.5. The summed E-state index contributed by atoms with van der Waals surface area (Å²) in [6.45, 7) is 12.3. The second-order valence-electron chi connectivity index (χ2n) is 12.0. The average molecular weight is 519 g/mol. The molecule has 0 unspecified atom stereocenters. The molecule has 3 aliphatic rings. The summed E-state index contributed by atoms with van der Waals surface area (Å²) in [5.41, 5.74) is 4.53. The van der Waals surface area contributed by atoms with E-state index in [0.29, 0.717) is 23.9 Å². The first-order chi connectivity index (χ1) is 18.4. The van der Waals surface area contributed by atoms with E-state index in [0.717, 1.165) is 61.8 Å². The first kappa shape index (κ1) is 25.5. The fourth-order valence-corrected chi connectivity index (χ4v) is 6.98. The van der Waals surface area contributed by atoms with Crippen molar-refractivity contribution in [3.8, 4) is 5.69 Å². The number of amides is 1. The van der Waals surface area contributed by atoms with Crippen molar-refractivity contribution >= 4 is 16.8 Å². The molecule has 6 rings (SSSR count). The van der Waals surface area contributed by atoms with Gasteiger partial charge in [0, 0.05) is 63.2 Å². The summed E-state index contributed by atoms with van der Waals surface area (Å²) in [7, 11) is 0. The lowest BCUT2D eigenvalue weighted by Gasteiger charge is -2.42. The topological polar surface area (TPSA) is 50.6 Å². The third kappa shape index (κ3) is 4.87. The Morgan fingerprint density at radius 1 is 1.11 bits per heavy atom. The van der Waals surface area contributed by atoms with Crippen LogP contribution >= 0.6 is 0 Å². The third-order valence-corrected chi connectivity index (χ3v) is 8.87. The number of likely N-dealkylation sites (tertiary alicyclic amines) is 2. The molecule has 3 aliphatic heterocycles. The Balaban J connectivity index is 1.28. The molecule has 0 N–H and O–H groups in total. The van der Waals surface area contributed by atoms with Crippen molar-refractivity contribution in [3.63, 3.8) is 0 Å². The summed E-state index contributed by atoms with van der Waals surface area (Å²) in [5, 5.41) is 1.20. The zero-order valence-electron chi connectivity index (χ0n) is 22.8. The predicted molar refractivity (Wildman–Crippen MR) is 147 cm³/mol. The molecule has 202 valence electrons. The van der Waals surface area contributed by atoms with Gasteiger partial charge in [0.25, 0.3) is 5.91 Å². The quantitative estimate of drug-likeness (QED) is 0.448. The van der Waals surface area contributed by atoms with Gasteiger partial charge in [0.15, 0.2) is 0 Å². The van der Waals surface area contributed by atoms with Crippen LogP contribution in [0, 0.1) is 30.5 Å². The molecule has 3 aromatic rings. The highest BCUT2D eigenvalue weighted by Gasteiger charge is 2.33. The number of aromatic nitrogens is 2. The van der Waals surface area contributed by atoms with Crippen LogP contribution in [-0.2, 0) is 11.2 Å². The maximum Gasteiger partial charge on any atom is 0.256 e.